The zero-order valence-electron chi connectivity index (χ0n) is 19.4. The molecule has 3 aromatic rings. The fourth-order valence-corrected chi connectivity index (χ4v) is 6.42. The molecule has 2 fully saturated rings. The Morgan fingerprint density at radius 2 is 1.62 bits per heavy atom. The average molecular weight is 475 g/mol. The number of rotatable bonds is 6. The lowest BCUT2D eigenvalue weighted by Crippen LogP contribution is -2.39. The van der Waals surface area contributed by atoms with Crippen LogP contribution in [0.2, 0.25) is 0 Å². The molecule has 1 aliphatic heterocycles. The Labute approximate surface area is 204 Å². The molecule has 6 rings (SSSR count). The van der Waals surface area contributed by atoms with Crippen LogP contribution in [0.4, 0.5) is 0 Å². The van der Waals surface area contributed by atoms with E-state index in [9.17, 15) is 4.79 Å². The van der Waals surface area contributed by atoms with Crippen LogP contribution >= 0.6 is 11.8 Å². The topological polar surface area (TPSA) is 69.0 Å². The Morgan fingerprint density at radius 1 is 0.912 bits per heavy atom. The molecule has 34 heavy (non-hydrogen) atoms. The third kappa shape index (κ3) is 4.11. The van der Waals surface area contributed by atoms with Crippen LogP contribution < -0.4 is 10.2 Å². The maximum Gasteiger partial charge on any atom is 0.210 e. The van der Waals surface area contributed by atoms with E-state index in [-0.39, 0.29) is 17.1 Å². The minimum Gasteiger partial charge on any atom is -0.497 e. The number of aromatic nitrogens is 3. The average Bonchev–Trinajstić information content (AvgIpc) is 3.67. The van der Waals surface area contributed by atoms with Crippen LogP contribution in [0, 0.1) is 0 Å². The van der Waals surface area contributed by atoms with E-state index in [1.807, 2.05) is 41.1 Å². The second-order valence-electron chi connectivity index (χ2n) is 9.69. The molecule has 0 spiro atoms. The predicted molar refractivity (Wildman–Crippen MR) is 133 cm³/mol. The van der Waals surface area contributed by atoms with Gasteiger partial charge in [-0.15, -0.1) is 10.2 Å². The summed E-state index contributed by atoms with van der Waals surface area (Å²) in [5.74, 6) is 3.00. The number of hydrogen-bond donors (Lipinski definition) is 1. The number of nitrogens with one attached hydrogen (secondary N) is 1. The molecule has 0 saturated heterocycles. The second-order valence-corrected chi connectivity index (χ2v) is 10.8. The zero-order valence-corrected chi connectivity index (χ0v) is 20.3. The lowest BCUT2D eigenvalue weighted by atomic mass is 9.83. The number of fused-ring (bicyclic) bond motifs is 1. The summed E-state index contributed by atoms with van der Waals surface area (Å²) in [4.78, 5) is 13.8. The van der Waals surface area contributed by atoms with Crippen LogP contribution in [0.3, 0.4) is 0 Å². The van der Waals surface area contributed by atoms with Crippen molar-refractivity contribution in [2.75, 3.05) is 12.5 Å². The number of carbonyl (C=O) groups excluding carboxylic acids is 1. The van der Waals surface area contributed by atoms with Crippen LogP contribution in [0.25, 0.3) is 0 Å². The monoisotopic (exact) mass is 474 g/mol. The van der Waals surface area contributed by atoms with E-state index < -0.39 is 0 Å². The van der Waals surface area contributed by atoms with Crippen LogP contribution in [-0.4, -0.2) is 33.0 Å². The number of methoxy groups -OCH3 is 1. The van der Waals surface area contributed by atoms with Crippen molar-refractivity contribution in [3.05, 3.63) is 71.0 Å². The summed E-state index contributed by atoms with van der Waals surface area (Å²) >= 11 is 1.52. The van der Waals surface area contributed by atoms with Crippen LogP contribution in [0.5, 0.6) is 5.75 Å². The first kappa shape index (κ1) is 21.7. The normalized spacial score (nSPS) is 22.6. The standard InChI is InChI=1S/C27H30N4O2S/c1-33-22-15-13-19(14-16-22)23-25(34-27-29-28-26(21-11-12-21)31(27)30-23)24(32)20-9-7-18(8-10-20)17-5-3-2-4-6-17/h7-10,13-17,21,23,25,30H,2-6,11-12H2,1H3/t23-,25+/m1/s1. The Balaban J connectivity index is 1.30. The lowest BCUT2D eigenvalue weighted by Gasteiger charge is -2.33. The van der Waals surface area contributed by atoms with Gasteiger partial charge in [0.25, 0.3) is 0 Å². The quantitative estimate of drug-likeness (QED) is 0.452. The molecule has 6 nitrogen and oxygen atoms in total. The first-order chi connectivity index (χ1) is 16.7. The van der Waals surface area contributed by atoms with Gasteiger partial charge in [0.05, 0.1) is 13.2 Å². The van der Waals surface area contributed by atoms with E-state index in [0.29, 0.717) is 11.8 Å². The molecule has 2 aliphatic carbocycles. The summed E-state index contributed by atoms with van der Waals surface area (Å²) in [6, 6.07) is 16.2. The number of carbonyl (C=O) groups is 1. The molecule has 0 bridgehead atoms. The molecule has 2 aromatic carbocycles. The van der Waals surface area contributed by atoms with Crippen LogP contribution in [0.1, 0.15) is 90.1 Å². The van der Waals surface area contributed by atoms with E-state index in [1.54, 1.807) is 7.11 Å². The molecule has 7 heteroatoms. The Hall–Kier alpha value is -2.80. The molecule has 1 N–H and O–H groups in total. The van der Waals surface area contributed by atoms with E-state index in [0.717, 1.165) is 40.7 Å². The molecule has 0 radical (unpaired) electrons. The third-order valence-corrected chi connectivity index (χ3v) is 8.62. The third-order valence-electron chi connectivity index (χ3n) is 7.41. The highest BCUT2D eigenvalue weighted by atomic mass is 32.2. The molecule has 3 aliphatic rings. The van der Waals surface area contributed by atoms with Crippen molar-refractivity contribution in [3.8, 4) is 5.75 Å². The number of ether oxygens (including phenoxy) is 1. The molecule has 0 amide bonds. The molecule has 2 heterocycles. The molecule has 2 saturated carbocycles. The van der Waals surface area contributed by atoms with E-state index in [2.05, 4.69) is 27.8 Å². The smallest absolute Gasteiger partial charge is 0.210 e. The van der Waals surface area contributed by atoms with Crippen LogP contribution in [0.15, 0.2) is 53.7 Å². The summed E-state index contributed by atoms with van der Waals surface area (Å²) in [6.45, 7) is 0. The Morgan fingerprint density at radius 3 is 2.29 bits per heavy atom. The first-order valence-corrected chi connectivity index (χ1v) is 13.3. The van der Waals surface area contributed by atoms with Crippen molar-refractivity contribution in [1.82, 2.24) is 14.9 Å². The number of benzene rings is 2. The van der Waals surface area contributed by atoms with Crippen molar-refractivity contribution < 1.29 is 9.53 Å². The maximum absolute atomic E-state index is 13.8. The van der Waals surface area contributed by atoms with Gasteiger partial charge in [0.2, 0.25) is 5.16 Å². The van der Waals surface area contributed by atoms with Gasteiger partial charge >= 0.3 is 0 Å². The highest BCUT2D eigenvalue weighted by Crippen LogP contribution is 2.44. The fourth-order valence-electron chi connectivity index (χ4n) is 5.26. The van der Waals surface area contributed by atoms with Crippen molar-refractivity contribution in [2.24, 2.45) is 0 Å². The molecule has 1 aromatic heterocycles. The summed E-state index contributed by atoms with van der Waals surface area (Å²) < 4.78 is 7.35. The summed E-state index contributed by atoms with van der Waals surface area (Å²) in [5.41, 5.74) is 6.77. The highest BCUT2D eigenvalue weighted by molar-refractivity contribution is 8.00. The van der Waals surface area contributed by atoms with Gasteiger partial charge in [0.1, 0.15) is 11.0 Å². The zero-order chi connectivity index (χ0) is 23.1. The van der Waals surface area contributed by atoms with E-state index in [1.165, 1.54) is 49.4 Å². The van der Waals surface area contributed by atoms with Gasteiger partial charge < -0.3 is 10.2 Å². The van der Waals surface area contributed by atoms with Crippen LogP contribution in [-0.2, 0) is 0 Å². The summed E-state index contributed by atoms with van der Waals surface area (Å²) in [5, 5.41) is 9.29. The van der Waals surface area contributed by atoms with Gasteiger partial charge in [-0.3, -0.25) is 4.79 Å². The van der Waals surface area contributed by atoms with Gasteiger partial charge in [0.15, 0.2) is 11.6 Å². The van der Waals surface area contributed by atoms with Gasteiger partial charge in [-0.05, 0) is 54.9 Å². The largest absolute Gasteiger partial charge is 0.497 e. The molecule has 176 valence electrons. The van der Waals surface area contributed by atoms with Gasteiger partial charge in [0, 0.05) is 11.5 Å². The van der Waals surface area contributed by atoms with Crippen molar-refractivity contribution in [3.63, 3.8) is 0 Å². The molecule has 0 unspecified atom stereocenters. The summed E-state index contributed by atoms with van der Waals surface area (Å²) in [6.07, 6.45) is 8.77. The number of hydrogen-bond acceptors (Lipinski definition) is 6. The molecular weight excluding hydrogens is 444 g/mol. The predicted octanol–water partition coefficient (Wildman–Crippen LogP) is 5.85. The highest BCUT2D eigenvalue weighted by Gasteiger charge is 2.40. The number of nitrogens with zero attached hydrogens (tertiary/aromatic N) is 3. The van der Waals surface area contributed by atoms with Crippen molar-refractivity contribution in [1.29, 1.82) is 0 Å². The van der Waals surface area contributed by atoms with E-state index >= 15 is 0 Å². The lowest BCUT2D eigenvalue weighted by molar-refractivity contribution is 0.0980. The number of Topliss-reactive ketones (excluding diaryl/α,β-unsaturated/α-hetero) is 1. The first-order valence-electron chi connectivity index (χ1n) is 12.4. The van der Waals surface area contributed by atoms with Gasteiger partial charge in [-0.2, -0.15) is 0 Å². The number of ketones is 1. The molecular formula is C27H30N4O2S. The minimum absolute atomic E-state index is 0.121. The minimum atomic E-state index is -0.335. The molecule has 2 atom stereocenters. The Kier molecular flexibility index (Phi) is 5.81. The number of thioether (sulfide) groups is 1. The van der Waals surface area contributed by atoms with E-state index in [4.69, 9.17) is 4.74 Å². The van der Waals surface area contributed by atoms with Crippen molar-refractivity contribution in [2.45, 2.75) is 73.2 Å². The second kappa shape index (κ2) is 9.10. The van der Waals surface area contributed by atoms with Gasteiger partial charge in [-0.25, -0.2) is 4.68 Å². The SMILES string of the molecule is COc1ccc([C@H]2Nn3c(nnc3C3CC3)S[C@@H]2C(=O)c2ccc(C3CCCCC3)cc2)cc1. The van der Waals surface area contributed by atoms with Gasteiger partial charge in [-0.1, -0.05) is 67.4 Å². The fraction of sp³-hybridized carbons (Fsp3) is 0.444. The Bertz CT molecular complexity index is 1160. The summed E-state index contributed by atoms with van der Waals surface area (Å²) in [7, 11) is 1.67. The maximum atomic E-state index is 13.8. The van der Waals surface area contributed by atoms with Crippen molar-refractivity contribution >= 4 is 17.5 Å².